The summed E-state index contributed by atoms with van der Waals surface area (Å²) in [5, 5.41) is 10.2. The molecule has 0 amide bonds. The number of hydrogen-bond acceptors (Lipinski definition) is 4. The van der Waals surface area contributed by atoms with Crippen LogP contribution >= 0.6 is 11.8 Å². The first-order valence-electron chi connectivity index (χ1n) is 4.02. The van der Waals surface area contributed by atoms with Gasteiger partial charge in [0.25, 0.3) is 0 Å². The van der Waals surface area contributed by atoms with E-state index in [4.69, 9.17) is 10.00 Å². The fourth-order valence-electron chi connectivity index (χ4n) is 0.610. The summed E-state index contributed by atoms with van der Waals surface area (Å²) in [4.78, 5) is 10.9. The maximum atomic E-state index is 10.9. The van der Waals surface area contributed by atoms with Crippen LogP contribution in [0.25, 0.3) is 0 Å². The van der Waals surface area contributed by atoms with Gasteiger partial charge in [0.1, 0.15) is 5.40 Å². The van der Waals surface area contributed by atoms with E-state index >= 15 is 0 Å². The zero-order chi connectivity index (χ0) is 10.1. The van der Waals surface area contributed by atoms with Gasteiger partial charge in [-0.25, -0.2) is 4.79 Å². The predicted molar refractivity (Wildman–Crippen MR) is 53.1 cm³/mol. The van der Waals surface area contributed by atoms with E-state index in [0.29, 0.717) is 12.2 Å². The van der Waals surface area contributed by atoms with Gasteiger partial charge in [-0.15, -0.1) is 0 Å². The standard InChI is InChI=1S/C9H13NO2S/c1-8(2)9(11)12-5-3-4-6-13-7-10/h1,3-6H2,2H3. The fourth-order valence-corrected chi connectivity index (χ4v) is 1.05. The number of carbonyl (C=O) groups is 1. The van der Waals surface area contributed by atoms with Gasteiger partial charge in [-0.3, -0.25) is 0 Å². The number of rotatable bonds is 6. The molecule has 0 fully saturated rings. The number of unbranched alkanes of at least 4 members (excludes halogenated alkanes) is 1. The minimum atomic E-state index is -0.340. The molecule has 0 spiro atoms. The lowest BCUT2D eigenvalue weighted by Gasteiger charge is -2.02. The molecular formula is C9H13NO2S. The molecule has 72 valence electrons. The molecule has 13 heavy (non-hydrogen) atoms. The summed E-state index contributed by atoms with van der Waals surface area (Å²) in [5.74, 6) is 0.453. The SMILES string of the molecule is C=C(C)C(=O)OCCCCSC#N. The maximum Gasteiger partial charge on any atom is 0.333 e. The Morgan fingerprint density at radius 1 is 1.62 bits per heavy atom. The van der Waals surface area contributed by atoms with Crippen molar-refractivity contribution < 1.29 is 9.53 Å². The van der Waals surface area contributed by atoms with Gasteiger partial charge in [-0.2, -0.15) is 5.26 Å². The molecular weight excluding hydrogens is 186 g/mol. The van der Waals surface area contributed by atoms with E-state index in [9.17, 15) is 4.79 Å². The van der Waals surface area contributed by atoms with Crippen LogP contribution in [0.5, 0.6) is 0 Å². The molecule has 0 saturated carbocycles. The van der Waals surface area contributed by atoms with E-state index in [1.54, 1.807) is 6.92 Å². The van der Waals surface area contributed by atoms with Crippen molar-refractivity contribution >= 4 is 17.7 Å². The molecule has 4 heteroatoms. The van der Waals surface area contributed by atoms with E-state index < -0.39 is 0 Å². The van der Waals surface area contributed by atoms with Crippen LogP contribution in [-0.2, 0) is 9.53 Å². The van der Waals surface area contributed by atoms with Crippen molar-refractivity contribution in [2.45, 2.75) is 19.8 Å². The molecule has 3 nitrogen and oxygen atoms in total. The molecule has 0 heterocycles. The van der Waals surface area contributed by atoms with Gasteiger partial charge in [-0.05, 0) is 31.5 Å². The molecule has 0 radical (unpaired) electrons. The Labute approximate surface area is 82.8 Å². The quantitative estimate of drug-likeness (QED) is 0.284. The van der Waals surface area contributed by atoms with Crippen LogP contribution in [0.3, 0.4) is 0 Å². The molecule has 0 aliphatic rings. The molecule has 0 aliphatic carbocycles. The number of hydrogen-bond donors (Lipinski definition) is 0. The second kappa shape index (κ2) is 7.69. The number of nitriles is 1. The first-order chi connectivity index (χ1) is 6.18. The summed E-state index contributed by atoms with van der Waals surface area (Å²) in [6, 6.07) is 0. The third kappa shape index (κ3) is 7.41. The third-order valence-electron chi connectivity index (χ3n) is 1.29. The second-order valence-corrected chi connectivity index (χ2v) is 3.44. The highest BCUT2D eigenvalue weighted by molar-refractivity contribution is 8.03. The first-order valence-corrected chi connectivity index (χ1v) is 5.00. The monoisotopic (exact) mass is 199 g/mol. The van der Waals surface area contributed by atoms with E-state index in [2.05, 4.69) is 6.58 Å². The third-order valence-corrected chi connectivity index (χ3v) is 1.91. The van der Waals surface area contributed by atoms with E-state index in [1.807, 2.05) is 5.40 Å². The van der Waals surface area contributed by atoms with Crippen LogP contribution in [-0.4, -0.2) is 18.3 Å². The largest absolute Gasteiger partial charge is 0.462 e. The van der Waals surface area contributed by atoms with E-state index in [-0.39, 0.29) is 5.97 Å². The zero-order valence-electron chi connectivity index (χ0n) is 7.71. The molecule has 0 bridgehead atoms. The molecule has 0 saturated heterocycles. The number of thioether (sulfide) groups is 1. The normalized spacial score (nSPS) is 8.92. The molecule has 0 aromatic heterocycles. The molecule has 0 aromatic rings. The van der Waals surface area contributed by atoms with Crippen LogP contribution in [0, 0.1) is 10.7 Å². The highest BCUT2D eigenvalue weighted by Crippen LogP contribution is 2.02. The lowest BCUT2D eigenvalue weighted by Crippen LogP contribution is -2.06. The predicted octanol–water partition coefficient (Wildman–Crippen LogP) is 2.10. The summed E-state index contributed by atoms with van der Waals surface area (Å²) < 4.78 is 4.85. The number of nitrogens with zero attached hydrogens (tertiary/aromatic N) is 1. The molecule has 0 N–H and O–H groups in total. The number of esters is 1. The Kier molecular flexibility index (Phi) is 7.12. The van der Waals surface area contributed by atoms with E-state index in [0.717, 1.165) is 18.6 Å². The minimum Gasteiger partial charge on any atom is -0.462 e. The van der Waals surface area contributed by atoms with Gasteiger partial charge in [0.2, 0.25) is 0 Å². The zero-order valence-corrected chi connectivity index (χ0v) is 8.52. The summed E-state index contributed by atoms with van der Waals surface area (Å²) in [6.45, 7) is 5.49. The van der Waals surface area contributed by atoms with Gasteiger partial charge in [0, 0.05) is 11.3 Å². The van der Waals surface area contributed by atoms with Crippen molar-refractivity contribution in [1.29, 1.82) is 5.26 Å². The topological polar surface area (TPSA) is 50.1 Å². The summed E-state index contributed by atoms with van der Waals surface area (Å²) in [7, 11) is 0. The van der Waals surface area contributed by atoms with Gasteiger partial charge in [-0.1, -0.05) is 6.58 Å². The maximum absolute atomic E-state index is 10.9. The highest BCUT2D eigenvalue weighted by atomic mass is 32.2. The Morgan fingerprint density at radius 3 is 2.85 bits per heavy atom. The average molecular weight is 199 g/mol. The molecule has 0 atom stereocenters. The second-order valence-electron chi connectivity index (χ2n) is 2.56. The van der Waals surface area contributed by atoms with Crippen LogP contribution in [0.2, 0.25) is 0 Å². The van der Waals surface area contributed by atoms with E-state index in [1.165, 1.54) is 11.8 Å². The smallest absolute Gasteiger partial charge is 0.333 e. The Hall–Kier alpha value is -0.950. The summed E-state index contributed by atoms with van der Waals surface area (Å²) in [5.41, 5.74) is 0.423. The Morgan fingerprint density at radius 2 is 2.31 bits per heavy atom. The van der Waals surface area contributed by atoms with Crippen molar-refractivity contribution in [1.82, 2.24) is 0 Å². The van der Waals surface area contributed by atoms with Gasteiger partial charge >= 0.3 is 5.97 Å². The van der Waals surface area contributed by atoms with Crippen molar-refractivity contribution in [3.05, 3.63) is 12.2 Å². The Bertz CT molecular complexity index is 220. The Balaban J connectivity index is 3.22. The van der Waals surface area contributed by atoms with Gasteiger partial charge < -0.3 is 4.74 Å². The first kappa shape index (κ1) is 12.0. The molecule has 0 aromatic carbocycles. The number of thiocyanates is 1. The lowest BCUT2D eigenvalue weighted by molar-refractivity contribution is -0.139. The van der Waals surface area contributed by atoms with Crippen LogP contribution in [0.1, 0.15) is 19.8 Å². The van der Waals surface area contributed by atoms with Crippen LogP contribution in [0.4, 0.5) is 0 Å². The van der Waals surface area contributed by atoms with Crippen LogP contribution in [0.15, 0.2) is 12.2 Å². The summed E-state index contributed by atoms with van der Waals surface area (Å²) >= 11 is 1.22. The van der Waals surface area contributed by atoms with Gasteiger partial charge in [0.05, 0.1) is 6.61 Å². The van der Waals surface area contributed by atoms with Crippen molar-refractivity contribution in [3.8, 4) is 5.40 Å². The number of ether oxygens (including phenoxy) is 1. The molecule has 0 rings (SSSR count). The van der Waals surface area contributed by atoms with Crippen molar-refractivity contribution in [2.75, 3.05) is 12.4 Å². The lowest BCUT2D eigenvalue weighted by atomic mass is 10.3. The average Bonchev–Trinajstić information content (AvgIpc) is 2.10. The molecule has 0 aliphatic heterocycles. The molecule has 0 unspecified atom stereocenters. The van der Waals surface area contributed by atoms with Crippen LogP contribution < -0.4 is 0 Å². The minimum absolute atomic E-state index is 0.340. The number of carbonyl (C=O) groups excluding carboxylic acids is 1. The summed E-state index contributed by atoms with van der Waals surface area (Å²) in [6.07, 6.45) is 1.69. The van der Waals surface area contributed by atoms with Crippen molar-refractivity contribution in [2.24, 2.45) is 0 Å². The highest BCUT2D eigenvalue weighted by Gasteiger charge is 2.01. The van der Waals surface area contributed by atoms with Gasteiger partial charge in [0.15, 0.2) is 0 Å². The van der Waals surface area contributed by atoms with Crippen molar-refractivity contribution in [3.63, 3.8) is 0 Å². The fraction of sp³-hybridized carbons (Fsp3) is 0.556.